The molecule has 0 amide bonds. The van der Waals surface area contributed by atoms with E-state index in [1.165, 1.54) is 0 Å². The standard InChI is InChI=1S/C13H12N4/c1-8-7-9-4-5-11-10(3-2-6-15-11)12(9)16-13(8)17-14/h2-7H,14H2,1H3,(H,16,17). The Morgan fingerprint density at radius 3 is 2.94 bits per heavy atom. The number of nitrogens with two attached hydrogens (primary N) is 1. The highest BCUT2D eigenvalue weighted by Gasteiger charge is 2.05. The number of hydrogen-bond donors (Lipinski definition) is 2. The van der Waals surface area contributed by atoms with Gasteiger partial charge in [0.25, 0.3) is 0 Å². The van der Waals surface area contributed by atoms with Gasteiger partial charge in [-0.25, -0.2) is 10.8 Å². The van der Waals surface area contributed by atoms with Gasteiger partial charge in [0.1, 0.15) is 5.82 Å². The molecule has 0 aliphatic rings. The monoisotopic (exact) mass is 224 g/mol. The molecule has 0 radical (unpaired) electrons. The van der Waals surface area contributed by atoms with Gasteiger partial charge < -0.3 is 5.43 Å². The molecular formula is C13H12N4. The van der Waals surface area contributed by atoms with E-state index in [0.717, 1.165) is 27.4 Å². The molecule has 0 fully saturated rings. The fourth-order valence-electron chi connectivity index (χ4n) is 2.04. The summed E-state index contributed by atoms with van der Waals surface area (Å²) in [5, 5.41) is 2.14. The molecule has 4 nitrogen and oxygen atoms in total. The average Bonchev–Trinajstić information content (AvgIpc) is 2.37. The lowest BCUT2D eigenvalue weighted by atomic mass is 10.1. The fourth-order valence-corrected chi connectivity index (χ4v) is 2.04. The highest BCUT2D eigenvalue weighted by molar-refractivity contribution is 6.04. The van der Waals surface area contributed by atoms with Crippen LogP contribution in [0, 0.1) is 6.92 Å². The predicted octanol–water partition coefficient (Wildman–Crippen LogP) is 2.38. The summed E-state index contributed by atoms with van der Waals surface area (Å²) in [6.07, 6.45) is 1.78. The zero-order valence-corrected chi connectivity index (χ0v) is 9.44. The SMILES string of the molecule is Cc1cc2ccc3ncccc3c2nc1NN. The number of anilines is 1. The lowest BCUT2D eigenvalue weighted by molar-refractivity contribution is 1.23. The number of nitrogens with one attached hydrogen (secondary N) is 1. The van der Waals surface area contributed by atoms with Gasteiger partial charge in [0, 0.05) is 17.0 Å². The van der Waals surface area contributed by atoms with Crippen molar-refractivity contribution in [3.8, 4) is 0 Å². The average molecular weight is 224 g/mol. The van der Waals surface area contributed by atoms with Crippen LogP contribution in [0.3, 0.4) is 0 Å². The summed E-state index contributed by atoms with van der Waals surface area (Å²) in [5.74, 6) is 6.16. The van der Waals surface area contributed by atoms with E-state index in [4.69, 9.17) is 5.84 Å². The van der Waals surface area contributed by atoms with Crippen molar-refractivity contribution in [2.45, 2.75) is 6.92 Å². The smallest absolute Gasteiger partial charge is 0.143 e. The maximum absolute atomic E-state index is 5.46. The molecular weight excluding hydrogens is 212 g/mol. The molecule has 2 heterocycles. The van der Waals surface area contributed by atoms with E-state index in [1.807, 2.05) is 31.2 Å². The maximum Gasteiger partial charge on any atom is 0.143 e. The molecule has 2 aromatic heterocycles. The van der Waals surface area contributed by atoms with Crippen molar-refractivity contribution in [1.29, 1.82) is 0 Å². The van der Waals surface area contributed by atoms with Crippen LogP contribution in [-0.2, 0) is 0 Å². The minimum atomic E-state index is 0.703. The van der Waals surface area contributed by atoms with E-state index in [2.05, 4.69) is 21.5 Å². The number of pyridine rings is 2. The van der Waals surface area contributed by atoms with E-state index >= 15 is 0 Å². The van der Waals surface area contributed by atoms with Crippen LogP contribution in [-0.4, -0.2) is 9.97 Å². The van der Waals surface area contributed by atoms with E-state index in [0.29, 0.717) is 5.82 Å². The summed E-state index contributed by atoms with van der Waals surface area (Å²) in [4.78, 5) is 8.86. The van der Waals surface area contributed by atoms with Gasteiger partial charge >= 0.3 is 0 Å². The molecule has 0 aliphatic heterocycles. The largest absolute Gasteiger partial charge is 0.308 e. The number of fused-ring (bicyclic) bond motifs is 3. The lowest BCUT2D eigenvalue weighted by Crippen LogP contribution is -2.10. The van der Waals surface area contributed by atoms with Crippen molar-refractivity contribution >= 4 is 27.6 Å². The zero-order chi connectivity index (χ0) is 11.8. The molecule has 4 heteroatoms. The Morgan fingerprint density at radius 1 is 1.24 bits per heavy atom. The maximum atomic E-state index is 5.46. The number of hydrogen-bond acceptors (Lipinski definition) is 4. The number of nitrogen functional groups attached to an aromatic ring is 1. The normalized spacial score (nSPS) is 10.9. The Hall–Kier alpha value is -2.20. The van der Waals surface area contributed by atoms with Crippen LogP contribution in [0.1, 0.15) is 5.56 Å². The molecule has 1 aromatic carbocycles. The van der Waals surface area contributed by atoms with Crippen LogP contribution in [0.2, 0.25) is 0 Å². The second-order valence-corrected chi connectivity index (χ2v) is 4.01. The molecule has 84 valence electrons. The van der Waals surface area contributed by atoms with Gasteiger partial charge in [0.2, 0.25) is 0 Å². The first-order valence-electron chi connectivity index (χ1n) is 5.41. The number of hydrazine groups is 1. The van der Waals surface area contributed by atoms with Gasteiger partial charge in [0.05, 0.1) is 11.0 Å². The number of aryl methyl sites for hydroxylation is 1. The van der Waals surface area contributed by atoms with Gasteiger partial charge in [0.15, 0.2) is 0 Å². The molecule has 0 unspecified atom stereocenters. The minimum Gasteiger partial charge on any atom is -0.308 e. The third kappa shape index (κ3) is 1.50. The highest BCUT2D eigenvalue weighted by Crippen LogP contribution is 2.25. The van der Waals surface area contributed by atoms with Crippen LogP contribution >= 0.6 is 0 Å². The first-order chi connectivity index (χ1) is 8.29. The van der Waals surface area contributed by atoms with Crippen molar-refractivity contribution in [3.63, 3.8) is 0 Å². The van der Waals surface area contributed by atoms with E-state index < -0.39 is 0 Å². The van der Waals surface area contributed by atoms with Crippen LogP contribution in [0.5, 0.6) is 0 Å². The molecule has 3 rings (SSSR count). The Bertz CT molecular complexity index is 706. The molecule has 0 atom stereocenters. The Kier molecular flexibility index (Phi) is 2.16. The van der Waals surface area contributed by atoms with Crippen LogP contribution in [0.15, 0.2) is 36.5 Å². The van der Waals surface area contributed by atoms with Crippen LogP contribution < -0.4 is 11.3 Å². The third-order valence-corrected chi connectivity index (χ3v) is 2.89. The Balaban J connectivity index is 2.48. The van der Waals surface area contributed by atoms with Crippen molar-refractivity contribution in [3.05, 3.63) is 42.1 Å². The molecule has 17 heavy (non-hydrogen) atoms. The summed E-state index contributed by atoms with van der Waals surface area (Å²) in [5.41, 5.74) is 5.52. The second-order valence-electron chi connectivity index (χ2n) is 4.01. The summed E-state index contributed by atoms with van der Waals surface area (Å²) < 4.78 is 0. The number of aromatic nitrogens is 2. The van der Waals surface area contributed by atoms with Gasteiger partial charge in [-0.1, -0.05) is 6.07 Å². The molecule has 3 aromatic rings. The molecule has 0 bridgehead atoms. The van der Waals surface area contributed by atoms with E-state index in [-0.39, 0.29) is 0 Å². The highest BCUT2D eigenvalue weighted by atomic mass is 15.2. The number of rotatable bonds is 1. The first kappa shape index (κ1) is 9.99. The summed E-state index contributed by atoms with van der Waals surface area (Å²) >= 11 is 0. The van der Waals surface area contributed by atoms with Crippen LogP contribution in [0.4, 0.5) is 5.82 Å². The van der Waals surface area contributed by atoms with Crippen molar-refractivity contribution < 1.29 is 0 Å². The van der Waals surface area contributed by atoms with Crippen molar-refractivity contribution in [2.24, 2.45) is 5.84 Å². The first-order valence-corrected chi connectivity index (χ1v) is 5.41. The zero-order valence-electron chi connectivity index (χ0n) is 9.44. The van der Waals surface area contributed by atoms with E-state index in [9.17, 15) is 0 Å². The molecule has 0 spiro atoms. The Labute approximate surface area is 98.5 Å². The van der Waals surface area contributed by atoms with Gasteiger partial charge in [-0.05, 0) is 36.8 Å². The number of nitrogens with zero attached hydrogens (tertiary/aromatic N) is 2. The molecule has 0 saturated heterocycles. The Morgan fingerprint density at radius 2 is 2.12 bits per heavy atom. The molecule has 3 N–H and O–H groups in total. The van der Waals surface area contributed by atoms with Gasteiger partial charge in [-0.3, -0.25) is 4.98 Å². The quantitative estimate of drug-likeness (QED) is 0.378. The lowest BCUT2D eigenvalue weighted by Gasteiger charge is -2.08. The molecule has 0 saturated carbocycles. The summed E-state index contributed by atoms with van der Waals surface area (Å²) in [6.45, 7) is 1.98. The summed E-state index contributed by atoms with van der Waals surface area (Å²) in [7, 11) is 0. The number of benzene rings is 1. The fraction of sp³-hybridized carbons (Fsp3) is 0.0769. The summed E-state index contributed by atoms with van der Waals surface area (Å²) in [6, 6.07) is 10.1. The third-order valence-electron chi connectivity index (χ3n) is 2.89. The van der Waals surface area contributed by atoms with Gasteiger partial charge in [-0.2, -0.15) is 0 Å². The van der Waals surface area contributed by atoms with Crippen LogP contribution in [0.25, 0.3) is 21.8 Å². The minimum absolute atomic E-state index is 0.703. The molecule has 0 aliphatic carbocycles. The van der Waals surface area contributed by atoms with Crippen molar-refractivity contribution in [2.75, 3.05) is 5.43 Å². The predicted molar refractivity (Wildman–Crippen MR) is 69.6 cm³/mol. The topological polar surface area (TPSA) is 63.8 Å². The second kappa shape index (κ2) is 3.68. The van der Waals surface area contributed by atoms with Crippen molar-refractivity contribution in [1.82, 2.24) is 9.97 Å². The van der Waals surface area contributed by atoms with E-state index in [1.54, 1.807) is 6.20 Å². The van der Waals surface area contributed by atoms with Gasteiger partial charge in [-0.15, -0.1) is 0 Å².